The van der Waals surface area contributed by atoms with Crippen molar-refractivity contribution < 1.29 is 13.2 Å². The normalized spacial score (nSPS) is 13.1. The molecule has 0 aromatic heterocycles. The predicted octanol–water partition coefficient (Wildman–Crippen LogP) is 1.82. The molecule has 0 spiro atoms. The van der Waals surface area contributed by atoms with E-state index in [9.17, 15) is 13.2 Å². The Balaban J connectivity index is 2.26. The molecule has 0 saturated carbocycles. The standard InChI is InChI=1S/C19H27N3O3S/c1-14(2)18(19(23)22(4)12-11-20-3)21-26(24,25)17-10-9-15-7-5-6-8-16(15)13-17/h5-10,13-14,18,20-21H,11-12H2,1-4H3. The van der Waals surface area contributed by atoms with E-state index in [-0.39, 0.29) is 16.7 Å². The number of nitrogens with one attached hydrogen (secondary N) is 2. The molecule has 7 heteroatoms. The van der Waals surface area contributed by atoms with Gasteiger partial charge < -0.3 is 10.2 Å². The van der Waals surface area contributed by atoms with Crippen LogP contribution in [0.15, 0.2) is 47.4 Å². The first-order chi connectivity index (χ1) is 12.3. The van der Waals surface area contributed by atoms with E-state index in [1.165, 1.54) is 0 Å². The number of hydrogen-bond acceptors (Lipinski definition) is 4. The summed E-state index contributed by atoms with van der Waals surface area (Å²) in [7, 11) is -0.322. The third-order valence-corrected chi connectivity index (χ3v) is 5.76. The number of benzene rings is 2. The van der Waals surface area contributed by atoms with Gasteiger partial charge in [-0.25, -0.2) is 8.42 Å². The summed E-state index contributed by atoms with van der Waals surface area (Å²) in [6.07, 6.45) is 0. The summed E-state index contributed by atoms with van der Waals surface area (Å²) in [5.74, 6) is -0.408. The van der Waals surface area contributed by atoms with Gasteiger partial charge in [0.1, 0.15) is 6.04 Å². The van der Waals surface area contributed by atoms with Gasteiger partial charge in [0.2, 0.25) is 15.9 Å². The summed E-state index contributed by atoms with van der Waals surface area (Å²) in [5, 5.41) is 4.79. The Kier molecular flexibility index (Phi) is 6.75. The van der Waals surface area contributed by atoms with Gasteiger partial charge >= 0.3 is 0 Å². The van der Waals surface area contributed by atoms with E-state index in [2.05, 4.69) is 10.0 Å². The number of hydrogen-bond donors (Lipinski definition) is 2. The van der Waals surface area contributed by atoms with Crippen molar-refractivity contribution in [3.63, 3.8) is 0 Å². The maximum Gasteiger partial charge on any atom is 0.241 e. The average molecular weight is 378 g/mol. The Morgan fingerprint density at radius 1 is 1.12 bits per heavy atom. The minimum absolute atomic E-state index is 0.160. The monoisotopic (exact) mass is 377 g/mol. The van der Waals surface area contributed by atoms with Crippen LogP contribution in [0.25, 0.3) is 10.8 Å². The SMILES string of the molecule is CNCCN(C)C(=O)C(NS(=O)(=O)c1ccc2ccccc2c1)C(C)C. The molecule has 2 aromatic rings. The molecule has 0 heterocycles. The van der Waals surface area contributed by atoms with Crippen molar-refractivity contribution >= 4 is 26.7 Å². The predicted molar refractivity (Wildman–Crippen MR) is 104 cm³/mol. The average Bonchev–Trinajstić information content (AvgIpc) is 2.63. The second-order valence-electron chi connectivity index (χ2n) is 6.72. The van der Waals surface area contributed by atoms with Crippen LogP contribution >= 0.6 is 0 Å². The first-order valence-corrected chi connectivity index (χ1v) is 10.2. The van der Waals surface area contributed by atoms with Crippen LogP contribution in [0.2, 0.25) is 0 Å². The third kappa shape index (κ3) is 4.81. The van der Waals surface area contributed by atoms with Crippen LogP contribution < -0.4 is 10.0 Å². The smallest absolute Gasteiger partial charge is 0.241 e. The van der Waals surface area contributed by atoms with Gasteiger partial charge in [-0.1, -0.05) is 44.2 Å². The van der Waals surface area contributed by atoms with Crippen LogP contribution in [0.4, 0.5) is 0 Å². The second-order valence-corrected chi connectivity index (χ2v) is 8.43. The summed E-state index contributed by atoms with van der Waals surface area (Å²) in [6, 6.07) is 11.7. The zero-order valence-corrected chi connectivity index (χ0v) is 16.5. The van der Waals surface area contributed by atoms with Crippen LogP contribution in [0.1, 0.15) is 13.8 Å². The molecule has 0 aliphatic rings. The fourth-order valence-electron chi connectivity index (χ4n) is 2.67. The van der Waals surface area contributed by atoms with E-state index in [0.29, 0.717) is 13.1 Å². The molecule has 0 saturated heterocycles. The van der Waals surface area contributed by atoms with Gasteiger partial charge in [-0.3, -0.25) is 4.79 Å². The van der Waals surface area contributed by atoms with Crippen LogP contribution in [-0.4, -0.2) is 52.5 Å². The second kappa shape index (κ2) is 8.62. The molecule has 0 aliphatic carbocycles. The number of carbonyl (C=O) groups is 1. The molecule has 1 unspecified atom stereocenters. The lowest BCUT2D eigenvalue weighted by Crippen LogP contribution is -2.51. The first-order valence-electron chi connectivity index (χ1n) is 8.67. The molecule has 0 aliphatic heterocycles. The highest BCUT2D eigenvalue weighted by Gasteiger charge is 2.30. The minimum Gasteiger partial charge on any atom is -0.343 e. The third-order valence-electron chi connectivity index (χ3n) is 4.32. The van der Waals surface area contributed by atoms with Crippen molar-refractivity contribution in [2.75, 3.05) is 27.2 Å². The highest BCUT2D eigenvalue weighted by molar-refractivity contribution is 7.89. The van der Waals surface area contributed by atoms with Crippen LogP contribution in [0.3, 0.4) is 0 Å². The first kappa shape index (κ1) is 20.4. The Morgan fingerprint density at radius 2 is 1.77 bits per heavy atom. The summed E-state index contributed by atoms with van der Waals surface area (Å²) < 4.78 is 28.3. The van der Waals surface area contributed by atoms with E-state index < -0.39 is 16.1 Å². The fraction of sp³-hybridized carbons (Fsp3) is 0.421. The zero-order chi connectivity index (χ0) is 19.3. The Labute approximate surface area is 155 Å². The van der Waals surface area contributed by atoms with Gasteiger partial charge in [-0.15, -0.1) is 0 Å². The molecule has 0 bridgehead atoms. The van der Waals surface area contributed by atoms with Crippen LogP contribution in [-0.2, 0) is 14.8 Å². The number of rotatable bonds is 8. The van der Waals surface area contributed by atoms with Gasteiger partial charge in [0.05, 0.1) is 4.90 Å². The molecular formula is C19H27N3O3S. The van der Waals surface area contributed by atoms with Crippen molar-refractivity contribution in [3.05, 3.63) is 42.5 Å². The zero-order valence-electron chi connectivity index (χ0n) is 15.7. The molecule has 2 N–H and O–H groups in total. The summed E-state index contributed by atoms with van der Waals surface area (Å²) in [5.41, 5.74) is 0. The van der Waals surface area contributed by atoms with Crippen LogP contribution in [0, 0.1) is 5.92 Å². The van der Waals surface area contributed by atoms with E-state index in [0.717, 1.165) is 10.8 Å². The molecule has 2 aromatic carbocycles. The molecule has 1 amide bonds. The summed E-state index contributed by atoms with van der Waals surface area (Å²) >= 11 is 0. The maximum absolute atomic E-state index is 12.8. The number of amides is 1. The van der Waals surface area contributed by atoms with E-state index in [1.807, 2.05) is 38.1 Å². The Morgan fingerprint density at radius 3 is 2.38 bits per heavy atom. The Bertz CT molecular complexity index is 865. The number of sulfonamides is 1. The molecule has 0 radical (unpaired) electrons. The lowest BCUT2D eigenvalue weighted by molar-refractivity contribution is -0.132. The topological polar surface area (TPSA) is 78.5 Å². The van der Waals surface area contributed by atoms with E-state index in [4.69, 9.17) is 0 Å². The molecule has 2 rings (SSSR count). The summed E-state index contributed by atoms with van der Waals surface area (Å²) in [6.45, 7) is 4.81. The molecule has 1 atom stereocenters. The maximum atomic E-state index is 12.8. The quantitative estimate of drug-likeness (QED) is 0.736. The highest BCUT2D eigenvalue weighted by atomic mass is 32.2. The van der Waals surface area contributed by atoms with Gasteiger partial charge in [0.25, 0.3) is 0 Å². The van der Waals surface area contributed by atoms with Crippen LogP contribution in [0.5, 0.6) is 0 Å². The largest absolute Gasteiger partial charge is 0.343 e. The van der Waals surface area contributed by atoms with Crippen molar-refractivity contribution in [3.8, 4) is 0 Å². The number of carbonyl (C=O) groups excluding carboxylic acids is 1. The number of likely N-dealkylation sites (N-methyl/N-ethyl adjacent to an activating group) is 2. The van der Waals surface area contributed by atoms with E-state index >= 15 is 0 Å². The van der Waals surface area contributed by atoms with Crippen molar-refractivity contribution in [1.29, 1.82) is 0 Å². The van der Waals surface area contributed by atoms with Gasteiger partial charge in [0.15, 0.2) is 0 Å². The van der Waals surface area contributed by atoms with Crippen molar-refractivity contribution in [2.24, 2.45) is 5.92 Å². The van der Waals surface area contributed by atoms with Gasteiger partial charge in [-0.2, -0.15) is 4.72 Å². The van der Waals surface area contributed by atoms with Gasteiger partial charge in [-0.05, 0) is 35.9 Å². The minimum atomic E-state index is -3.81. The molecule has 142 valence electrons. The number of fused-ring (bicyclic) bond motifs is 1. The van der Waals surface area contributed by atoms with E-state index in [1.54, 1.807) is 37.2 Å². The molecule has 26 heavy (non-hydrogen) atoms. The van der Waals surface area contributed by atoms with Crippen molar-refractivity contribution in [1.82, 2.24) is 14.9 Å². The molecular weight excluding hydrogens is 350 g/mol. The fourth-order valence-corrected chi connectivity index (χ4v) is 4.04. The van der Waals surface area contributed by atoms with Gasteiger partial charge in [0, 0.05) is 20.1 Å². The Hall–Kier alpha value is -1.96. The van der Waals surface area contributed by atoms with Crippen molar-refractivity contribution in [2.45, 2.75) is 24.8 Å². The lowest BCUT2D eigenvalue weighted by Gasteiger charge is -2.27. The highest BCUT2D eigenvalue weighted by Crippen LogP contribution is 2.20. The molecule has 0 fully saturated rings. The lowest BCUT2D eigenvalue weighted by atomic mass is 10.0. The molecule has 6 nitrogen and oxygen atoms in total. The summed E-state index contributed by atoms with van der Waals surface area (Å²) in [4.78, 5) is 14.4. The number of nitrogens with zero attached hydrogens (tertiary/aromatic N) is 1.